The number of carboxylic acid groups (broad SMARTS) is 1. The van der Waals surface area contributed by atoms with Crippen molar-refractivity contribution in [3.63, 3.8) is 0 Å². The van der Waals surface area contributed by atoms with E-state index < -0.39 is 44.2 Å². The molecule has 3 aromatic carbocycles. The highest BCUT2D eigenvalue weighted by atomic mass is 32.2. The number of piperazine rings is 1. The van der Waals surface area contributed by atoms with Crippen LogP contribution in [-0.2, 0) is 20.2 Å². The minimum Gasteiger partial charge on any atom is -0.494 e. The second kappa shape index (κ2) is 11.5. The zero-order chi connectivity index (χ0) is 31.9. The number of hydrogen-bond donors (Lipinski definition) is 1. The number of ether oxygens (including phenoxy) is 1. The molecule has 0 spiro atoms. The molecular weight excluding hydrogens is 622 g/mol. The predicted octanol–water partition coefficient (Wildman–Crippen LogP) is 4.44. The van der Waals surface area contributed by atoms with E-state index in [-0.39, 0.29) is 54.4 Å². The topological polar surface area (TPSA) is 144 Å². The first kappa shape index (κ1) is 30.0. The van der Waals surface area contributed by atoms with E-state index in [0.29, 0.717) is 9.44 Å². The zero-order valence-corrected chi connectivity index (χ0v) is 25.5. The molecule has 11 nitrogen and oxygen atoms in total. The summed E-state index contributed by atoms with van der Waals surface area (Å²) >= 11 is 1.33. The summed E-state index contributed by atoms with van der Waals surface area (Å²) in [6.45, 7) is 2.08. The summed E-state index contributed by atoms with van der Waals surface area (Å²) in [7, 11) is -4.89. The third-order valence-electron chi connectivity index (χ3n) is 8.07. The molecule has 45 heavy (non-hydrogen) atoms. The maximum atomic E-state index is 15.3. The van der Waals surface area contributed by atoms with Crippen molar-refractivity contribution in [2.75, 3.05) is 35.4 Å². The van der Waals surface area contributed by atoms with Gasteiger partial charge in [0.05, 0.1) is 30.0 Å². The van der Waals surface area contributed by atoms with Gasteiger partial charge in [-0.2, -0.15) is 5.26 Å². The Morgan fingerprint density at radius 1 is 1.16 bits per heavy atom. The van der Waals surface area contributed by atoms with Crippen molar-refractivity contribution >= 4 is 44.2 Å². The van der Waals surface area contributed by atoms with Gasteiger partial charge >= 0.3 is 6.09 Å². The summed E-state index contributed by atoms with van der Waals surface area (Å²) in [6.07, 6.45) is 0.282. The van der Waals surface area contributed by atoms with Gasteiger partial charge in [0, 0.05) is 42.3 Å². The van der Waals surface area contributed by atoms with Crippen molar-refractivity contribution in [1.29, 1.82) is 5.26 Å². The maximum absolute atomic E-state index is 15.3. The van der Waals surface area contributed by atoms with Crippen LogP contribution >= 0.6 is 11.3 Å². The molecule has 2 aliphatic rings. The average molecular weight is 648 g/mol. The van der Waals surface area contributed by atoms with Crippen LogP contribution in [0.2, 0.25) is 0 Å². The van der Waals surface area contributed by atoms with Crippen LogP contribution in [0.4, 0.5) is 20.0 Å². The van der Waals surface area contributed by atoms with Crippen molar-refractivity contribution in [2.45, 2.75) is 23.3 Å². The fraction of sp³-hybridized carbons (Fsp3) is 0.226. The van der Waals surface area contributed by atoms with E-state index in [9.17, 15) is 23.6 Å². The van der Waals surface area contributed by atoms with E-state index in [2.05, 4.69) is 4.98 Å². The lowest BCUT2D eigenvalue weighted by Gasteiger charge is -2.48. The monoisotopic (exact) mass is 647 g/mol. The first-order valence-electron chi connectivity index (χ1n) is 13.9. The number of carbonyl (C=O) groups excluding carboxylic acids is 1. The van der Waals surface area contributed by atoms with Crippen molar-refractivity contribution in [1.82, 2.24) is 9.88 Å². The normalized spacial score (nSPS) is 19.7. The molecular formula is C31H26FN5O6S2. The number of nitrogens with zero attached hydrogens (tertiary/aromatic N) is 5. The Labute approximate surface area is 262 Å². The van der Waals surface area contributed by atoms with Crippen LogP contribution in [-0.4, -0.2) is 67.7 Å². The van der Waals surface area contributed by atoms with Crippen molar-refractivity contribution in [3.05, 3.63) is 101 Å². The largest absolute Gasteiger partial charge is 0.494 e. The Kier molecular flexibility index (Phi) is 7.67. The number of fused-ring (bicyclic) bond motifs is 1. The Morgan fingerprint density at radius 3 is 2.60 bits per heavy atom. The van der Waals surface area contributed by atoms with Crippen LogP contribution in [0.15, 0.2) is 83.2 Å². The molecule has 0 aliphatic carbocycles. The number of anilines is 2. The van der Waals surface area contributed by atoms with Crippen LogP contribution in [0, 0.1) is 17.1 Å². The summed E-state index contributed by atoms with van der Waals surface area (Å²) in [5, 5.41) is 22.8. The Balaban J connectivity index is 1.71. The molecule has 0 bridgehead atoms. The first-order valence-corrected chi connectivity index (χ1v) is 16.2. The Hall–Kier alpha value is -5.00. The molecule has 6 rings (SSSR count). The van der Waals surface area contributed by atoms with Gasteiger partial charge in [-0.25, -0.2) is 26.9 Å². The van der Waals surface area contributed by atoms with Gasteiger partial charge in [0.1, 0.15) is 21.9 Å². The molecule has 1 fully saturated rings. The minimum atomic E-state index is -4.89. The molecule has 2 atom stereocenters. The lowest BCUT2D eigenvalue weighted by atomic mass is 9.68. The maximum Gasteiger partial charge on any atom is 0.407 e. The van der Waals surface area contributed by atoms with Gasteiger partial charge < -0.3 is 19.6 Å². The summed E-state index contributed by atoms with van der Waals surface area (Å²) in [5.41, 5.74) is -1.78. The number of benzene rings is 3. The van der Waals surface area contributed by atoms with Gasteiger partial charge in [-0.05, 0) is 43.3 Å². The third-order valence-corrected chi connectivity index (χ3v) is 10.6. The molecule has 3 heterocycles. The molecule has 2 amide bonds. The summed E-state index contributed by atoms with van der Waals surface area (Å²) < 4.78 is 50.2. The van der Waals surface area contributed by atoms with E-state index in [4.69, 9.17) is 4.74 Å². The summed E-state index contributed by atoms with van der Waals surface area (Å²) in [4.78, 5) is 34.8. The van der Waals surface area contributed by atoms with Crippen LogP contribution in [0.5, 0.6) is 5.75 Å². The molecule has 1 N–H and O–H groups in total. The molecule has 1 saturated heterocycles. The number of thiazole rings is 1. The molecule has 230 valence electrons. The molecule has 2 unspecified atom stereocenters. The quantitative estimate of drug-likeness (QED) is 0.308. The lowest BCUT2D eigenvalue weighted by Crippen LogP contribution is -2.66. The number of para-hydroxylation sites is 1. The van der Waals surface area contributed by atoms with Crippen LogP contribution in [0.1, 0.15) is 23.6 Å². The van der Waals surface area contributed by atoms with Crippen LogP contribution in [0.3, 0.4) is 0 Å². The van der Waals surface area contributed by atoms with Crippen molar-refractivity contribution < 1.29 is 32.2 Å². The number of rotatable bonds is 7. The van der Waals surface area contributed by atoms with Gasteiger partial charge in [-0.15, -0.1) is 11.3 Å². The Bertz CT molecular complexity index is 1950. The van der Waals surface area contributed by atoms with E-state index in [1.807, 2.05) is 11.0 Å². The SMILES string of the molecule is CCOc1ccccc1C1(C2CN(c3nccs3)CCN2C(=O)O)C(=O)N(S(=O)(=O)c2ccccc2F)c2ccc(C#N)cc21. The Morgan fingerprint density at radius 2 is 1.91 bits per heavy atom. The zero-order valence-electron chi connectivity index (χ0n) is 23.8. The highest BCUT2D eigenvalue weighted by Crippen LogP contribution is 2.54. The van der Waals surface area contributed by atoms with E-state index in [1.165, 1.54) is 41.7 Å². The van der Waals surface area contributed by atoms with Gasteiger partial charge in [-0.1, -0.05) is 30.3 Å². The number of sulfonamides is 1. The molecule has 14 heteroatoms. The smallest absolute Gasteiger partial charge is 0.407 e. The van der Waals surface area contributed by atoms with E-state index in [0.717, 1.165) is 17.0 Å². The highest BCUT2D eigenvalue weighted by Gasteiger charge is 2.64. The number of amides is 2. The highest BCUT2D eigenvalue weighted by molar-refractivity contribution is 7.93. The van der Waals surface area contributed by atoms with E-state index in [1.54, 1.807) is 42.8 Å². The summed E-state index contributed by atoms with van der Waals surface area (Å²) in [6, 6.07) is 16.1. The average Bonchev–Trinajstić information content (AvgIpc) is 3.66. The number of hydrogen-bond acceptors (Lipinski definition) is 9. The number of carbonyl (C=O) groups is 2. The van der Waals surface area contributed by atoms with Crippen molar-refractivity contribution in [2.24, 2.45) is 0 Å². The molecule has 0 saturated carbocycles. The van der Waals surface area contributed by atoms with Gasteiger partial charge in [0.25, 0.3) is 15.9 Å². The fourth-order valence-electron chi connectivity index (χ4n) is 6.24. The standard InChI is InChI=1S/C31H26FN5O6S2/c1-2-43-25-9-5-3-7-21(25)31(27-19-35(29-34-13-16-44-29)14-15-36(27)30(39)40)22-17-20(18-33)11-12-24(22)37(28(31)38)45(41,42)26-10-6-4-8-23(26)32/h3-13,16-17,27H,2,14-15,19H2,1H3,(H,39,40). The van der Waals surface area contributed by atoms with Crippen LogP contribution in [0.25, 0.3) is 0 Å². The molecule has 4 aromatic rings. The number of nitriles is 1. The molecule has 0 radical (unpaired) electrons. The second-order valence-electron chi connectivity index (χ2n) is 10.3. The minimum absolute atomic E-state index is 0.0429. The fourth-order valence-corrected chi connectivity index (χ4v) is 8.46. The lowest BCUT2D eigenvalue weighted by molar-refractivity contribution is -0.122. The third kappa shape index (κ3) is 4.66. The van der Waals surface area contributed by atoms with Crippen molar-refractivity contribution in [3.8, 4) is 11.8 Å². The molecule has 2 aliphatic heterocycles. The number of halogens is 1. The van der Waals surface area contributed by atoms with Gasteiger partial charge in [0.2, 0.25) is 0 Å². The van der Waals surface area contributed by atoms with Gasteiger partial charge in [-0.3, -0.25) is 4.79 Å². The number of aromatic nitrogens is 1. The first-order chi connectivity index (χ1) is 21.7. The summed E-state index contributed by atoms with van der Waals surface area (Å²) in [5.74, 6) is -1.86. The second-order valence-corrected chi connectivity index (χ2v) is 13.0. The molecule has 1 aromatic heterocycles. The van der Waals surface area contributed by atoms with Crippen LogP contribution < -0.4 is 13.9 Å². The van der Waals surface area contributed by atoms with E-state index >= 15 is 9.18 Å². The predicted molar refractivity (Wildman–Crippen MR) is 163 cm³/mol. The van der Waals surface area contributed by atoms with Gasteiger partial charge in [0.15, 0.2) is 5.13 Å².